The summed E-state index contributed by atoms with van der Waals surface area (Å²) in [5.41, 5.74) is 8.25. The number of carbonyl (C=O) groups excluding carboxylic acids is 1. The van der Waals surface area contributed by atoms with Crippen molar-refractivity contribution in [1.29, 1.82) is 0 Å². The minimum absolute atomic E-state index is 0.181. The Morgan fingerprint density at radius 2 is 2.00 bits per heavy atom. The number of carbonyl (C=O) groups is 1. The van der Waals surface area contributed by atoms with E-state index in [1.165, 1.54) is 0 Å². The van der Waals surface area contributed by atoms with E-state index in [9.17, 15) is 13.6 Å². The first-order valence-electron chi connectivity index (χ1n) is 6.48. The van der Waals surface area contributed by atoms with Crippen molar-refractivity contribution in [2.45, 2.75) is 37.3 Å². The van der Waals surface area contributed by atoms with Crippen LogP contribution in [-0.4, -0.2) is 17.9 Å². The average molecular weight is 266 g/mol. The van der Waals surface area contributed by atoms with E-state index >= 15 is 0 Å². The smallest absolute Gasteiger partial charge is 0.249 e. The lowest BCUT2D eigenvalue weighted by molar-refractivity contribution is -0.150. The van der Waals surface area contributed by atoms with Gasteiger partial charge in [0.15, 0.2) is 0 Å². The summed E-state index contributed by atoms with van der Waals surface area (Å²) in [5.74, 6) is -3.52. The summed E-state index contributed by atoms with van der Waals surface area (Å²) in [6, 6.07) is 7.35. The van der Waals surface area contributed by atoms with Crippen LogP contribution in [0.1, 0.15) is 30.0 Å². The number of fused-ring (bicyclic) bond motifs is 1. The van der Waals surface area contributed by atoms with Crippen molar-refractivity contribution < 1.29 is 13.6 Å². The molecule has 3 N–H and O–H groups in total. The number of hydrogen-bond acceptors (Lipinski definition) is 2. The number of alkyl halides is 2. The van der Waals surface area contributed by atoms with Crippen LogP contribution in [0.2, 0.25) is 0 Å². The first kappa shape index (κ1) is 12.5. The zero-order valence-corrected chi connectivity index (χ0v) is 10.4. The fourth-order valence-electron chi connectivity index (χ4n) is 2.91. The van der Waals surface area contributed by atoms with Gasteiger partial charge in [0, 0.05) is 18.8 Å². The summed E-state index contributed by atoms with van der Waals surface area (Å²) in [6.07, 6.45) is -0.00628. The minimum Gasteiger partial charge on any atom is -0.351 e. The van der Waals surface area contributed by atoms with Gasteiger partial charge in [0.1, 0.15) is 0 Å². The molecule has 1 saturated carbocycles. The van der Waals surface area contributed by atoms with Crippen LogP contribution in [0.15, 0.2) is 24.3 Å². The molecule has 0 aliphatic heterocycles. The molecule has 102 valence electrons. The van der Waals surface area contributed by atoms with Gasteiger partial charge in [0.2, 0.25) is 11.8 Å². The number of nitrogens with two attached hydrogens (primary N) is 1. The van der Waals surface area contributed by atoms with Crippen LogP contribution in [0, 0.1) is 5.92 Å². The van der Waals surface area contributed by atoms with Crippen molar-refractivity contribution in [2.24, 2.45) is 11.7 Å². The molecule has 2 atom stereocenters. The van der Waals surface area contributed by atoms with Crippen LogP contribution in [0.3, 0.4) is 0 Å². The van der Waals surface area contributed by atoms with Crippen molar-refractivity contribution in [1.82, 2.24) is 5.32 Å². The van der Waals surface area contributed by atoms with Crippen LogP contribution in [-0.2, 0) is 11.2 Å². The molecule has 1 fully saturated rings. The highest BCUT2D eigenvalue weighted by Crippen LogP contribution is 2.42. The van der Waals surface area contributed by atoms with Gasteiger partial charge in [-0.1, -0.05) is 24.3 Å². The predicted molar refractivity (Wildman–Crippen MR) is 66.7 cm³/mol. The van der Waals surface area contributed by atoms with E-state index in [4.69, 9.17) is 5.73 Å². The molecular weight excluding hydrogens is 250 g/mol. The number of rotatable bonds is 2. The Labute approximate surface area is 110 Å². The largest absolute Gasteiger partial charge is 0.351 e. The second-order valence-corrected chi connectivity index (χ2v) is 5.50. The molecular formula is C14H16F2N2O. The lowest BCUT2D eigenvalue weighted by atomic mass is 9.80. The van der Waals surface area contributed by atoms with E-state index in [0.29, 0.717) is 6.42 Å². The van der Waals surface area contributed by atoms with Crippen LogP contribution in [0.4, 0.5) is 8.78 Å². The highest BCUT2D eigenvalue weighted by Gasteiger charge is 2.49. The van der Waals surface area contributed by atoms with E-state index in [1.54, 1.807) is 0 Å². The van der Waals surface area contributed by atoms with Crippen molar-refractivity contribution in [3.63, 3.8) is 0 Å². The number of hydrogen-bond donors (Lipinski definition) is 2. The molecule has 5 heteroatoms. The van der Waals surface area contributed by atoms with Gasteiger partial charge < -0.3 is 11.1 Å². The lowest BCUT2D eigenvalue weighted by Gasteiger charge is -2.34. The molecule has 3 rings (SSSR count). The molecule has 0 radical (unpaired) electrons. The SMILES string of the molecule is N[C@@H]1c2ccccc2C[C@H]1NC(=O)C1CC(F)(F)C1. The van der Waals surface area contributed by atoms with Crippen molar-refractivity contribution >= 4 is 5.91 Å². The number of benzene rings is 1. The number of amides is 1. The fraction of sp³-hybridized carbons (Fsp3) is 0.500. The van der Waals surface area contributed by atoms with Gasteiger partial charge in [0.25, 0.3) is 0 Å². The molecule has 0 saturated heterocycles. The molecule has 2 aliphatic carbocycles. The molecule has 0 bridgehead atoms. The van der Waals surface area contributed by atoms with Gasteiger partial charge in [-0.3, -0.25) is 4.79 Å². The first-order valence-corrected chi connectivity index (χ1v) is 6.48. The normalized spacial score (nSPS) is 28.6. The Balaban J connectivity index is 1.62. The van der Waals surface area contributed by atoms with E-state index < -0.39 is 11.8 Å². The van der Waals surface area contributed by atoms with E-state index in [0.717, 1.165) is 11.1 Å². The predicted octanol–water partition coefficient (Wildman–Crippen LogP) is 1.77. The summed E-state index contributed by atoms with van der Waals surface area (Å²) in [7, 11) is 0. The third-order valence-corrected chi connectivity index (χ3v) is 4.08. The third kappa shape index (κ3) is 2.23. The zero-order chi connectivity index (χ0) is 13.6. The molecule has 0 heterocycles. The van der Waals surface area contributed by atoms with Crippen molar-refractivity contribution in [3.05, 3.63) is 35.4 Å². The Morgan fingerprint density at radius 3 is 2.63 bits per heavy atom. The van der Waals surface area contributed by atoms with Gasteiger partial charge in [-0.05, 0) is 17.5 Å². The van der Waals surface area contributed by atoms with Crippen LogP contribution in [0.5, 0.6) is 0 Å². The van der Waals surface area contributed by atoms with Crippen molar-refractivity contribution in [3.8, 4) is 0 Å². The van der Waals surface area contributed by atoms with Crippen LogP contribution >= 0.6 is 0 Å². The van der Waals surface area contributed by atoms with E-state index in [-0.39, 0.29) is 30.8 Å². The Hall–Kier alpha value is -1.49. The van der Waals surface area contributed by atoms with Crippen LogP contribution < -0.4 is 11.1 Å². The minimum atomic E-state index is -2.66. The van der Waals surface area contributed by atoms with Gasteiger partial charge in [0.05, 0.1) is 12.1 Å². The highest BCUT2D eigenvalue weighted by atomic mass is 19.3. The highest BCUT2D eigenvalue weighted by molar-refractivity contribution is 5.80. The Morgan fingerprint density at radius 1 is 1.32 bits per heavy atom. The van der Waals surface area contributed by atoms with E-state index in [2.05, 4.69) is 5.32 Å². The second kappa shape index (κ2) is 4.27. The summed E-state index contributed by atoms with van der Waals surface area (Å²) in [5, 5.41) is 2.82. The maximum absolute atomic E-state index is 12.7. The zero-order valence-electron chi connectivity index (χ0n) is 10.4. The number of halogens is 2. The topological polar surface area (TPSA) is 55.1 Å². The summed E-state index contributed by atoms with van der Waals surface area (Å²) in [6.45, 7) is 0. The lowest BCUT2D eigenvalue weighted by Crippen LogP contribution is -2.49. The Kier molecular flexibility index (Phi) is 2.82. The maximum Gasteiger partial charge on any atom is 0.249 e. The molecule has 1 aromatic carbocycles. The molecule has 1 amide bonds. The summed E-state index contributed by atoms with van der Waals surface area (Å²) in [4.78, 5) is 11.9. The Bertz CT molecular complexity index is 510. The van der Waals surface area contributed by atoms with Crippen molar-refractivity contribution in [2.75, 3.05) is 0 Å². The average Bonchev–Trinajstić information content (AvgIpc) is 2.64. The second-order valence-electron chi connectivity index (χ2n) is 5.50. The summed E-state index contributed by atoms with van der Waals surface area (Å²) < 4.78 is 25.5. The third-order valence-electron chi connectivity index (χ3n) is 4.08. The van der Waals surface area contributed by atoms with Crippen LogP contribution in [0.25, 0.3) is 0 Å². The summed E-state index contributed by atoms with van der Waals surface area (Å²) >= 11 is 0. The fourth-order valence-corrected chi connectivity index (χ4v) is 2.91. The van der Waals surface area contributed by atoms with Gasteiger partial charge >= 0.3 is 0 Å². The van der Waals surface area contributed by atoms with Gasteiger partial charge in [-0.2, -0.15) is 0 Å². The quantitative estimate of drug-likeness (QED) is 0.857. The molecule has 19 heavy (non-hydrogen) atoms. The molecule has 2 aliphatic rings. The van der Waals surface area contributed by atoms with E-state index in [1.807, 2.05) is 24.3 Å². The molecule has 0 aromatic heterocycles. The molecule has 0 spiro atoms. The first-order chi connectivity index (χ1) is 8.96. The van der Waals surface area contributed by atoms with Gasteiger partial charge in [-0.25, -0.2) is 8.78 Å². The maximum atomic E-state index is 12.7. The van der Waals surface area contributed by atoms with Gasteiger partial charge in [-0.15, -0.1) is 0 Å². The number of nitrogens with one attached hydrogen (secondary N) is 1. The standard InChI is InChI=1S/C14H16F2N2O/c15-14(16)6-9(7-14)13(19)18-11-5-8-3-1-2-4-10(8)12(11)17/h1-4,9,11-12H,5-7,17H2,(H,18,19)/t11-,12-/m1/s1. The monoisotopic (exact) mass is 266 g/mol. The molecule has 1 aromatic rings. The molecule has 0 unspecified atom stereocenters. The molecule has 3 nitrogen and oxygen atoms in total.